The van der Waals surface area contributed by atoms with Crippen molar-refractivity contribution in [2.75, 3.05) is 0 Å². The average Bonchev–Trinajstić information content (AvgIpc) is 2.72. The highest BCUT2D eigenvalue weighted by atomic mass is 32.2. The first-order valence-electron chi connectivity index (χ1n) is 8.46. The number of carbonyl (C=O) groups is 1. The van der Waals surface area contributed by atoms with Gasteiger partial charge in [-0.1, -0.05) is 91.0 Å². The number of carbonyl (C=O) groups excluding carboxylic acids is 1. The highest BCUT2D eigenvalue weighted by Crippen LogP contribution is 2.34. The lowest BCUT2D eigenvalue weighted by molar-refractivity contribution is 0.104. The van der Waals surface area contributed by atoms with Crippen molar-refractivity contribution in [3.63, 3.8) is 0 Å². The summed E-state index contributed by atoms with van der Waals surface area (Å²) in [7, 11) is 0. The first kappa shape index (κ1) is 18.6. The topological polar surface area (TPSA) is 17.1 Å². The Morgan fingerprint density at radius 2 is 1.08 bits per heavy atom. The predicted octanol–water partition coefficient (Wildman–Crippen LogP) is 6.58. The molecule has 0 unspecified atom stereocenters. The number of hydrogen-bond donors (Lipinski definition) is 0. The van der Waals surface area contributed by atoms with E-state index in [9.17, 15) is 4.79 Å². The lowest BCUT2D eigenvalue weighted by Crippen LogP contribution is -1.95. The first-order valence-corrected chi connectivity index (χ1v) is 10.4. The molecule has 0 radical (unpaired) electrons. The fraction of sp³-hybridized carbons (Fsp3) is 0.0870. The highest BCUT2D eigenvalue weighted by molar-refractivity contribution is 8.21. The second kappa shape index (κ2) is 10.0. The van der Waals surface area contributed by atoms with E-state index >= 15 is 0 Å². The quantitative estimate of drug-likeness (QED) is 0.326. The van der Waals surface area contributed by atoms with Crippen LogP contribution < -0.4 is 0 Å². The van der Waals surface area contributed by atoms with Crippen LogP contribution in [0.2, 0.25) is 0 Å². The molecular formula is C23H20OS2. The number of ketones is 1. The second-order valence-corrected chi connectivity index (χ2v) is 8.03. The zero-order chi connectivity index (χ0) is 18.0. The van der Waals surface area contributed by atoms with Crippen LogP contribution in [0.4, 0.5) is 0 Å². The third-order valence-electron chi connectivity index (χ3n) is 3.76. The molecule has 0 heterocycles. The summed E-state index contributed by atoms with van der Waals surface area (Å²) in [5.74, 6) is 1.77. The van der Waals surface area contributed by atoms with E-state index in [2.05, 4.69) is 24.3 Å². The van der Waals surface area contributed by atoms with Gasteiger partial charge in [-0.25, -0.2) is 0 Å². The summed E-state index contributed by atoms with van der Waals surface area (Å²) < 4.78 is 1.05. The van der Waals surface area contributed by atoms with E-state index in [1.165, 1.54) is 11.1 Å². The van der Waals surface area contributed by atoms with Crippen molar-refractivity contribution in [2.24, 2.45) is 0 Å². The molecule has 26 heavy (non-hydrogen) atoms. The van der Waals surface area contributed by atoms with Gasteiger partial charge in [-0.2, -0.15) is 0 Å². The molecule has 0 atom stereocenters. The maximum atomic E-state index is 12.6. The molecule has 3 heteroatoms. The third-order valence-corrected chi connectivity index (χ3v) is 6.22. The molecule has 0 amide bonds. The first-order chi connectivity index (χ1) is 12.8. The predicted molar refractivity (Wildman–Crippen MR) is 114 cm³/mol. The SMILES string of the molecule is O=C(C=C(SCc1ccccc1)SCc1ccccc1)c1ccccc1. The molecule has 0 aliphatic heterocycles. The maximum Gasteiger partial charge on any atom is 0.187 e. The van der Waals surface area contributed by atoms with Gasteiger partial charge in [-0.3, -0.25) is 4.79 Å². The third kappa shape index (κ3) is 5.94. The zero-order valence-electron chi connectivity index (χ0n) is 14.4. The molecule has 1 nitrogen and oxygen atoms in total. The Kier molecular flexibility index (Phi) is 7.17. The van der Waals surface area contributed by atoms with Crippen molar-refractivity contribution in [1.82, 2.24) is 0 Å². The minimum atomic E-state index is 0.0572. The van der Waals surface area contributed by atoms with Gasteiger partial charge in [0.1, 0.15) is 0 Å². The summed E-state index contributed by atoms with van der Waals surface area (Å²) in [4.78, 5) is 12.6. The molecule has 0 fully saturated rings. The number of allylic oxidation sites excluding steroid dienone is 1. The van der Waals surface area contributed by atoms with Crippen molar-refractivity contribution in [3.8, 4) is 0 Å². The van der Waals surface area contributed by atoms with Crippen molar-refractivity contribution in [1.29, 1.82) is 0 Å². The normalized spacial score (nSPS) is 10.3. The van der Waals surface area contributed by atoms with Crippen LogP contribution in [0.1, 0.15) is 21.5 Å². The van der Waals surface area contributed by atoms with E-state index < -0.39 is 0 Å². The fourth-order valence-corrected chi connectivity index (χ4v) is 4.45. The van der Waals surface area contributed by atoms with Gasteiger partial charge >= 0.3 is 0 Å². The lowest BCUT2D eigenvalue weighted by atomic mass is 10.1. The van der Waals surface area contributed by atoms with Crippen LogP contribution in [-0.2, 0) is 11.5 Å². The van der Waals surface area contributed by atoms with Gasteiger partial charge in [0.05, 0.1) is 0 Å². The van der Waals surface area contributed by atoms with E-state index in [1.807, 2.05) is 66.7 Å². The van der Waals surface area contributed by atoms with Crippen LogP contribution in [0, 0.1) is 0 Å². The highest BCUT2D eigenvalue weighted by Gasteiger charge is 2.07. The van der Waals surface area contributed by atoms with Gasteiger partial charge in [0.2, 0.25) is 0 Å². The largest absolute Gasteiger partial charge is 0.289 e. The molecule has 3 aromatic rings. The Morgan fingerprint density at radius 1 is 0.654 bits per heavy atom. The molecule has 0 aliphatic rings. The van der Waals surface area contributed by atoms with Gasteiger partial charge in [-0.05, 0) is 11.1 Å². The maximum absolute atomic E-state index is 12.6. The number of hydrogen-bond acceptors (Lipinski definition) is 3. The van der Waals surface area contributed by atoms with Crippen molar-refractivity contribution in [2.45, 2.75) is 11.5 Å². The Balaban J connectivity index is 1.71. The van der Waals surface area contributed by atoms with Gasteiger partial charge in [0.25, 0.3) is 0 Å². The second-order valence-electron chi connectivity index (χ2n) is 5.74. The Bertz CT molecular complexity index is 798. The summed E-state index contributed by atoms with van der Waals surface area (Å²) in [5.41, 5.74) is 3.25. The standard InChI is InChI=1S/C23H20OS2/c24-22(21-14-8-3-9-15-21)16-23(25-17-19-10-4-1-5-11-19)26-18-20-12-6-2-7-13-20/h1-16H,17-18H2. The van der Waals surface area contributed by atoms with Crippen LogP contribution in [0.15, 0.2) is 101 Å². The van der Waals surface area contributed by atoms with E-state index in [4.69, 9.17) is 0 Å². The summed E-state index contributed by atoms with van der Waals surface area (Å²) in [6.45, 7) is 0. The van der Waals surface area contributed by atoms with E-state index in [-0.39, 0.29) is 5.78 Å². The molecule has 3 aromatic carbocycles. The zero-order valence-corrected chi connectivity index (χ0v) is 16.0. The Hall–Kier alpha value is -2.23. The van der Waals surface area contributed by atoms with E-state index in [0.717, 1.165) is 21.3 Å². The summed E-state index contributed by atoms with van der Waals surface area (Å²) in [6.07, 6.45) is 1.77. The molecular weight excluding hydrogens is 356 g/mol. The smallest absolute Gasteiger partial charge is 0.187 e. The molecule has 0 saturated heterocycles. The average molecular weight is 377 g/mol. The van der Waals surface area contributed by atoms with Crippen molar-refractivity contribution >= 4 is 29.3 Å². The summed E-state index contributed by atoms with van der Waals surface area (Å²) in [5, 5.41) is 0. The minimum Gasteiger partial charge on any atom is -0.289 e. The van der Waals surface area contributed by atoms with Crippen LogP contribution in [0.5, 0.6) is 0 Å². The number of benzene rings is 3. The van der Waals surface area contributed by atoms with Crippen molar-refractivity contribution < 1.29 is 4.79 Å². The van der Waals surface area contributed by atoms with Crippen LogP contribution in [0.3, 0.4) is 0 Å². The molecule has 0 saturated carbocycles. The monoisotopic (exact) mass is 376 g/mol. The minimum absolute atomic E-state index is 0.0572. The van der Waals surface area contributed by atoms with Crippen molar-refractivity contribution in [3.05, 3.63) is 118 Å². The van der Waals surface area contributed by atoms with Gasteiger partial charge in [0.15, 0.2) is 5.78 Å². The van der Waals surface area contributed by atoms with Crippen LogP contribution >= 0.6 is 23.5 Å². The molecule has 3 rings (SSSR count). The number of thioether (sulfide) groups is 2. The molecule has 0 aliphatic carbocycles. The summed E-state index contributed by atoms with van der Waals surface area (Å²) in [6, 6.07) is 30.1. The van der Waals surface area contributed by atoms with E-state index in [0.29, 0.717) is 0 Å². The van der Waals surface area contributed by atoms with Gasteiger partial charge in [-0.15, -0.1) is 23.5 Å². The summed E-state index contributed by atoms with van der Waals surface area (Å²) >= 11 is 3.44. The van der Waals surface area contributed by atoms with Crippen LogP contribution in [-0.4, -0.2) is 5.78 Å². The molecule has 0 spiro atoms. The lowest BCUT2D eigenvalue weighted by Gasteiger charge is -2.08. The molecule has 0 aromatic heterocycles. The molecule has 0 bridgehead atoms. The Labute approximate surface area is 163 Å². The van der Waals surface area contributed by atoms with Gasteiger partial charge in [0, 0.05) is 27.4 Å². The van der Waals surface area contributed by atoms with Crippen LogP contribution in [0.25, 0.3) is 0 Å². The number of rotatable bonds is 8. The van der Waals surface area contributed by atoms with Gasteiger partial charge < -0.3 is 0 Å². The van der Waals surface area contributed by atoms with E-state index in [1.54, 1.807) is 29.6 Å². The fourth-order valence-electron chi connectivity index (χ4n) is 2.38. The molecule has 130 valence electrons. The Morgan fingerprint density at radius 3 is 1.54 bits per heavy atom. The molecule has 0 N–H and O–H groups in total.